The number of hydrogen-bond donors (Lipinski definition) is 1. The molecule has 1 aliphatic heterocycles. The molecule has 0 saturated carbocycles. The topological polar surface area (TPSA) is 88.9 Å². The number of pyridine rings is 1. The highest BCUT2D eigenvalue weighted by atomic mass is 16.5. The van der Waals surface area contributed by atoms with Gasteiger partial charge < -0.3 is 9.72 Å². The standard InChI is InChI=1S/C26H30N6O2/c1-3-34-21-11-12-23-20(14-21)15-22(26(33)27-23)24(31-13-7-8-18(2)16-31)25-28-29-30-32(25)17-19-9-5-4-6-10-19/h4-6,9-12,14-15,18,24H,3,7-8,13,16-17H2,1-2H3,(H,27,33). The Morgan fingerprint density at radius 1 is 1.18 bits per heavy atom. The lowest BCUT2D eigenvalue weighted by Crippen LogP contribution is -2.41. The van der Waals surface area contributed by atoms with Gasteiger partial charge in [-0.05, 0) is 72.5 Å². The van der Waals surface area contributed by atoms with Gasteiger partial charge in [-0.3, -0.25) is 9.69 Å². The number of rotatable bonds is 7. The minimum absolute atomic E-state index is 0.117. The molecule has 1 saturated heterocycles. The van der Waals surface area contributed by atoms with Crippen LogP contribution in [0.4, 0.5) is 0 Å². The number of hydrogen-bond acceptors (Lipinski definition) is 6. The fourth-order valence-electron chi connectivity index (χ4n) is 4.90. The molecule has 2 aromatic carbocycles. The molecule has 0 aliphatic carbocycles. The quantitative estimate of drug-likeness (QED) is 0.453. The van der Waals surface area contributed by atoms with E-state index in [0.29, 0.717) is 30.5 Å². The zero-order valence-corrected chi connectivity index (χ0v) is 19.6. The maximum Gasteiger partial charge on any atom is 0.253 e. The Morgan fingerprint density at radius 2 is 2.03 bits per heavy atom. The van der Waals surface area contributed by atoms with Crippen LogP contribution in [0.3, 0.4) is 0 Å². The van der Waals surface area contributed by atoms with Crippen molar-refractivity contribution in [2.24, 2.45) is 5.92 Å². The average molecular weight is 459 g/mol. The van der Waals surface area contributed by atoms with Gasteiger partial charge in [-0.25, -0.2) is 4.68 Å². The van der Waals surface area contributed by atoms with E-state index in [9.17, 15) is 4.79 Å². The van der Waals surface area contributed by atoms with Gasteiger partial charge in [0.1, 0.15) is 11.8 Å². The summed E-state index contributed by atoms with van der Waals surface area (Å²) in [7, 11) is 0. The van der Waals surface area contributed by atoms with Crippen LogP contribution in [0.1, 0.15) is 49.7 Å². The Hall–Kier alpha value is -3.52. The third-order valence-electron chi connectivity index (χ3n) is 6.48. The second kappa shape index (κ2) is 9.77. The molecule has 0 bridgehead atoms. The van der Waals surface area contributed by atoms with Gasteiger partial charge in [0.25, 0.3) is 5.56 Å². The number of ether oxygens (including phenoxy) is 1. The molecule has 2 atom stereocenters. The minimum atomic E-state index is -0.342. The molecule has 5 rings (SSSR count). The van der Waals surface area contributed by atoms with Crippen molar-refractivity contribution in [2.75, 3.05) is 19.7 Å². The summed E-state index contributed by atoms with van der Waals surface area (Å²) in [5.74, 6) is 2.01. The fraction of sp³-hybridized carbons (Fsp3) is 0.385. The largest absolute Gasteiger partial charge is 0.494 e. The van der Waals surface area contributed by atoms with E-state index in [4.69, 9.17) is 4.74 Å². The Kier molecular flexibility index (Phi) is 6.40. The first-order chi connectivity index (χ1) is 16.6. The second-order valence-corrected chi connectivity index (χ2v) is 9.06. The lowest BCUT2D eigenvalue weighted by Gasteiger charge is -2.36. The summed E-state index contributed by atoms with van der Waals surface area (Å²) in [6, 6.07) is 17.5. The molecule has 0 amide bonds. The summed E-state index contributed by atoms with van der Waals surface area (Å²) in [6.07, 6.45) is 2.27. The number of nitrogens with one attached hydrogen (secondary N) is 1. The highest BCUT2D eigenvalue weighted by molar-refractivity contribution is 5.80. The van der Waals surface area contributed by atoms with Gasteiger partial charge in [0, 0.05) is 23.0 Å². The van der Waals surface area contributed by atoms with Crippen LogP contribution in [-0.2, 0) is 6.54 Å². The molecular weight excluding hydrogens is 428 g/mol. The SMILES string of the molecule is CCOc1ccc2[nH]c(=O)c(C(c3nnnn3Cc3ccccc3)N3CCCC(C)C3)cc2c1. The van der Waals surface area contributed by atoms with Crippen LogP contribution in [0.2, 0.25) is 0 Å². The van der Waals surface area contributed by atoms with Crippen LogP contribution in [-0.4, -0.2) is 49.8 Å². The van der Waals surface area contributed by atoms with Crippen LogP contribution in [0.5, 0.6) is 5.75 Å². The molecule has 1 N–H and O–H groups in total. The molecule has 2 unspecified atom stereocenters. The normalized spacial score (nSPS) is 17.6. The Morgan fingerprint density at radius 3 is 2.82 bits per heavy atom. The molecule has 0 radical (unpaired) electrons. The van der Waals surface area contributed by atoms with Crippen LogP contribution < -0.4 is 10.3 Å². The summed E-state index contributed by atoms with van der Waals surface area (Å²) >= 11 is 0. The lowest BCUT2D eigenvalue weighted by atomic mass is 9.95. The number of aromatic amines is 1. The van der Waals surface area contributed by atoms with Crippen molar-refractivity contribution in [2.45, 2.75) is 39.3 Å². The van der Waals surface area contributed by atoms with Crippen molar-refractivity contribution in [3.63, 3.8) is 0 Å². The van der Waals surface area contributed by atoms with E-state index in [2.05, 4.69) is 44.5 Å². The van der Waals surface area contributed by atoms with E-state index in [-0.39, 0.29) is 11.6 Å². The maximum absolute atomic E-state index is 13.4. The number of aromatic nitrogens is 5. The zero-order chi connectivity index (χ0) is 23.5. The van der Waals surface area contributed by atoms with Crippen molar-refractivity contribution in [1.29, 1.82) is 0 Å². The van der Waals surface area contributed by atoms with Gasteiger partial charge in [-0.2, -0.15) is 0 Å². The summed E-state index contributed by atoms with van der Waals surface area (Å²) in [6.45, 7) is 7.13. The number of likely N-dealkylation sites (tertiary alicyclic amines) is 1. The van der Waals surface area contributed by atoms with E-state index >= 15 is 0 Å². The smallest absolute Gasteiger partial charge is 0.253 e. The van der Waals surface area contributed by atoms with Crippen LogP contribution in [0.25, 0.3) is 10.9 Å². The van der Waals surface area contributed by atoms with Crippen LogP contribution >= 0.6 is 0 Å². The molecule has 2 aromatic heterocycles. The first-order valence-corrected chi connectivity index (χ1v) is 12.0. The molecule has 1 fully saturated rings. The summed E-state index contributed by atoms with van der Waals surface area (Å²) in [5, 5.41) is 13.7. The second-order valence-electron chi connectivity index (χ2n) is 9.06. The molecule has 176 valence electrons. The Bertz CT molecular complexity index is 1320. The molecule has 34 heavy (non-hydrogen) atoms. The van der Waals surface area contributed by atoms with Gasteiger partial charge in [0.2, 0.25) is 0 Å². The lowest BCUT2D eigenvalue weighted by molar-refractivity contribution is 0.141. The van der Waals surface area contributed by atoms with E-state index in [1.54, 1.807) is 0 Å². The van der Waals surface area contributed by atoms with Gasteiger partial charge in [0.05, 0.1) is 13.2 Å². The molecule has 8 nitrogen and oxygen atoms in total. The van der Waals surface area contributed by atoms with Crippen LogP contribution in [0, 0.1) is 5.92 Å². The molecule has 8 heteroatoms. The number of benzene rings is 2. The van der Waals surface area contributed by atoms with Gasteiger partial charge in [0.15, 0.2) is 5.82 Å². The average Bonchev–Trinajstić information content (AvgIpc) is 3.28. The third-order valence-corrected chi connectivity index (χ3v) is 6.48. The third kappa shape index (κ3) is 4.59. The van der Waals surface area contributed by atoms with Crippen LogP contribution in [0.15, 0.2) is 59.4 Å². The minimum Gasteiger partial charge on any atom is -0.494 e. The number of nitrogens with zero attached hydrogens (tertiary/aromatic N) is 5. The Labute approximate surface area is 198 Å². The number of tetrazole rings is 1. The summed E-state index contributed by atoms with van der Waals surface area (Å²) < 4.78 is 7.51. The first-order valence-electron chi connectivity index (χ1n) is 12.0. The fourth-order valence-corrected chi connectivity index (χ4v) is 4.90. The summed E-state index contributed by atoms with van der Waals surface area (Å²) in [4.78, 5) is 18.8. The van der Waals surface area contributed by atoms with Crippen molar-refractivity contribution in [3.05, 3.63) is 81.9 Å². The van der Waals surface area contributed by atoms with Gasteiger partial charge in [-0.1, -0.05) is 37.3 Å². The van der Waals surface area contributed by atoms with Crippen molar-refractivity contribution in [1.82, 2.24) is 30.1 Å². The van der Waals surface area contributed by atoms with Crippen molar-refractivity contribution >= 4 is 10.9 Å². The molecule has 3 heterocycles. The monoisotopic (exact) mass is 458 g/mol. The predicted molar refractivity (Wildman–Crippen MR) is 131 cm³/mol. The highest BCUT2D eigenvalue weighted by Gasteiger charge is 2.32. The number of fused-ring (bicyclic) bond motifs is 1. The van der Waals surface area contributed by atoms with E-state index in [1.165, 1.54) is 6.42 Å². The highest BCUT2D eigenvalue weighted by Crippen LogP contribution is 2.31. The Balaban J connectivity index is 1.62. The zero-order valence-electron chi connectivity index (χ0n) is 19.6. The number of H-pyrrole nitrogens is 1. The predicted octanol–water partition coefficient (Wildman–Crippen LogP) is 3.78. The van der Waals surface area contributed by atoms with Crippen molar-refractivity contribution < 1.29 is 4.74 Å². The van der Waals surface area contributed by atoms with Gasteiger partial charge in [-0.15, -0.1) is 5.10 Å². The first kappa shape index (κ1) is 22.3. The maximum atomic E-state index is 13.4. The summed E-state index contributed by atoms with van der Waals surface area (Å²) in [5.41, 5.74) is 2.43. The van der Waals surface area contributed by atoms with E-state index in [1.807, 2.05) is 54.1 Å². The molecule has 4 aromatic rings. The number of piperidine rings is 1. The van der Waals surface area contributed by atoms with E-state index in [0.717, 1.165) is 41.7 Å². The molecular formula is C26H30N6O2. The van der Waals surface area contributed by atoms with Gasteiger partial charge >= 0.3 is 0 Å². The molecule has 0 spiro atoms. The van der Waals surface area contributed by atoms with Crippen molar-refractivity contribution in [3.8, 4) is 5.75 Å². The molecule has 1 aliphatic rings. The van der Waals surface area contributed by atoms with E-state index < -0.39 is 0 Å².